The van der Waals surface area contributed by atoms with Gasteiger partial charge in [-0.05, 0) is 37.0 Å². The van der Waals surface area contributed by atoms with Gasteiger partial charge in [-0.25, -0.2) is 0 Å². The Morgan fingerprint density at radius 1 is 1.32 bits per heavy atom. The van der Waals surface area contributed by atoms with E-state index >= 15 is 0 Å². The maximum atomic E-state index is 11.8. The van der Waals surface area contributed by atoms with Crippen LogP contribution in [0, 0.1) is 5.92 Å². The van der Waals surface area contributed by atoms with E-state index < -0.39 is 0 Å². The minimum atomic E-state index is -0.118. The number of likely N-dealkylation sites (tertiary alicyclic amines) is 1. The molecule has 2 saturated heterocycles. The zero-order valence-electron chi connectivity index (χ0n) is 14.7. The third-order valence-corrected chi connectivity index (χ3v) is 5.29. The Morgan fingerprint density at radius 2 is 2.12 bits per heavy atom. The van der Waals surface area contributed by atoms with E-state index in [2.05, 4.69) is 4.90 Å². The van der Waals surface area contributed by atoms with Crippen molar-refractivity contribution >= 4 is 17.6 Å². The van der Waals surface area contributed by atoms with Crippen LogP contribution in [0.25, 0.3) is 0 Å². The number of carbonyl (C=O) groups is 1. The lowest BCUT2D eigenvalue weighted by Crippen LogP contribution is -2.48. The van der Waals surface area contributed by atoms with E-state index in [4.69, 9.17) is 25.8 Å². The summed E-state index contributed by atoms with van der Waals surface area (Å²) in [5, 5.41) is 0.741. The number of esters is 1. The van der Waals surface area contributed by atoms with Gasteiger partial charge in [0.2, 0.25) is 0 Å². The highest BCUT2D eigenvalue weighted by Gasteiger charge is 2.33. The van der Waals surface area contributed by atoms with Crippen LogP contribution in [0.15, 0.2) is 24.3 Å². The molecule has 0 radical (unpaired) electrons. The maximum Gasteiger partial charge on any atom is 0.308 e. The van der Waals surface area contributed by atoms with Crippen molar-refractivity contribution in [2.75, 3.05) is 26.8 Å². The lowest BCUT2D eigenvalue weighted by Gasteiger charge is -2.40. The van der Waals surface area contributed by atoms with Crippen LogP contribution in [0.4, 0.5) is 0 Å². The van der Waals surface area contributed by atoms with Crippen LogP contribution in [-0.2, 0) is 25.6 Å². The molecule has 0 saturated carbocycles. The van der Waals surface area contributed by atoms with E-state index in [0.29, 0.717) is 13.2 Å². The molecule has 2 aliphatic heterocycles. The highest BCUT2D eigenvalue weighted by Crippen LogP contribution is 2.27. The monoisotopic (exact) mass is 367 g/mol. The van der Waals surface area contributed by atoms with Gasteiger partial charge in [0.1, 0.15) is 6.23 Å². The predicted octanol–water partition coefficient (Wildman–Crippen LogP) is 3.25. The Morgan fingerprint density at radius 3 is 2.84 bits per heavy atom. The standard InChI is InChI=1S/C19H26ClNO4/c1-23-19(22)15-7-10-24-18(12-15)21-8-5-17(6-9-21)25-13-14-3-2-4-16(20)11-14/h2-4,11,15,17-18H,5-10,12-13H2,1H3. The molecule has 0 amide bonds. The smallest absolute Gasteiger partial charge is 0.308 e. The van der Waals surface area contributed by atoms with Gasteiger partial charge in [0, 0.05) is 31.1 Å². The number of ether oxygens (including phenoxy) is 3. The first kappa shape index (κ1) is 18.6. The summed E-state index contributed by atoms with van der Waals surface area (Å²) in [6.45, 7) is 3.07. The molecule has 6 heteroatoms. The van der Waals surface area contributed by atoms with Crippen molar-refractivity contribution in [3.05, 3.63) is 34.9 Å². The van der Waals surface area contributed by atoms with Crippen LogP contribution >= 0.6 is 11.6 Å². The summed E-state index contributed by atoms with van der Waals surface area (Å²) in [5.41, 5.74) is 1.10. The molecule has 3 rings (SSSR count). The lowest BCUT2D eigenvalue weighted by atomic mass is 9.97. The normalized spacial score (nSPS) is 25.7. The van der Waals surface area contributed by atoms with Gasteiger partial charge in [-0.15, -0.1) is 0 Å². The third kappa shape index (κ3) is 5.17. The number of methoxy groups -OCH3 is 1. The third-order valence-electron chi connectivity index (χ3n) is 5.06. The fourth-order valence-corrected chi connectivity index (χ4v) is 3.79. The molecule has 2 aliphatic rings. The molecule has 1 aromatic carbocycles. The lowest BCUT2D eigenvalue weighted by molar-refractivity contribution is -0.160. The number of nitrogens with zero attached hydrogens (tertiary/aromatic N) is 1. The van der Waals surface area contributed by atoms with Crippen molar-refractivity contribution in [1.29, 1.82) is 0 Å². The molecule has 2 unspecified atom stereocenters. The molecule has 2 fully saturated rings. The second-order valence-electron chi connectivity index (χ2n) is 6.75. The second-order valence-corrected chi connectivity index (χ2v) is 7.18. The van der Waals surface area contributed by atoms with Crippen molar-refractivity contribution in [2.45, 2.75) is 44.6 Å². The molecular weight excluding hydrogens is 342 g/mol. The number of halogens is 1. The van der Waals surface area contributed by atoms with E-state index in [1.54, 1.807) is 0 Å². The van der Waals surface area contributed by atoms with Crippen LogP contribution in [0.3, 0.4) is 0 Å². The quantitative estimate of drug-likeness (QED) is 0.748. The fraction of sp³-hybridized carbons (Fsp3) is 0.632. The van der Waals surface area contributed by atoms with Crippen molar-refractivity contribution in [3.8, 4) is 0 Å². The summed E-state index contributed by atoms with van der Waals surface area (Å²) in [4.78, 5) is 14.1. The summed E-state index contributed by atoms with van der Waals surface area (Å²) in [5.74, 6) is -0.159. The van der Waals surface area contributed by atoms with Crippen molar-refractivity contribution in [3.63, 3.8) is 0 Å². The molecule has 0 aromatic heterocycles. The van der Waals surface area contributed by atoms with E-state index in [1.165, 1.54) is 7.11 Å². The van der Waals surface area contributed by atoms with Crippen LogP contribution in [-0.4, -0.2) is 50.0 Å². The van der Waals surface area contributed by atoms with Gasteiger partial charge in [-0.1, -0.05) is 23.7 Å². The van der Waals surface area contributed by atoms with E-state index in [-0.39, 0.29) is 24.2 Å². The molecule has 5 nitrogen and oxygen atoms in total. The van der Waals surface area contributed by atoms with Crippen LogP contribution < -0.4 is 0 Å². The molecule has 0 spiro atoms. The van der Waals surface area contributed by atoms with Crippen molar-refractivity contribution in [2.24, 2.45) is 5.92 Å². The predicted molar refractivity (Wildman–Crippen MR) is 95.3 cm³/mol. The van der Waals surface area contributed by atoms with Gasteiger partial charge in [-0.2, -0.15) is 0 Å². The molecule has 1 aromatic rings. The minimum absolute atomic E-state index is 0.0201. The van der Waals surface area contributed by atoms with Crippen molar-refractivity contribution < 1.29 is 19.0 Å². The number of piperidine rings is 1. The van der Waals surface area contributed by atoms with Crippen molar-refractivity contribution in [1.82, 2.24) is 4.90 Å². The fourth-order valence-electron chi connectivity index (χ4n) is 3.58. The summed E-state index contributed by atoms with van der Waals surface area (Å²) < 4.78 is 16.8. The molecule has 2 atom stereocenters. The Labute approximate surface area is 154 Å². The van der Waals surface area contributed by atoms with Crippen LogP contribution in [0.2, 0.25) is 5.02 Å². The first-order chi connectivity index (χ1) is 12.2. The summed E-state index contributed by atoms with van der Waals surface area (Å²) in [6.07, 6.45) is 3.71. The van der Waals surface area contributed by atoms with Gasteiger partial charge in [-0.3, -0.25) is 9.69 Å². The van der Waals surface area contributed by atoms with Crippen LogP contribution in [0.5, 0.6) is 0 Å². The van der Waals surface area contributed by atoms with Gasteiger partial charge in [0.15, 0.2) is 0 Å². The zero-order valence-corrected chi connectivity index (χ0v) is 15.4. The Hall–Kier alpha value is -1.14. The average Bonchev–Trinajstić information content (AvgIpc) is 2.66. The Kier molecular flexibility index (Phi) is 6.70. The van der Waals surface area contributed by atoms with Gasteiger partial charge in [0.05, 0.1) is 25.7 Å². The van der Waals surface area contributed by atoms with E-state index in [9.17, 15) is 4.79 Å². The molecule has 2 heterocycles. The first-order valence-corrected chi connectivity index (χ1v) is 9.33. The highest BCUT2D eigenvalue weighted by molar-refractivity contribution is 6.30. The number of hydrogen-bond acceptors (Lipinski definition) is 5. The zero-order chi connectivity index (χ0) is 17.6. The molecule has 138 valence electrons. The Bertz CT molecular complexity index is 574. The summed E-state index contributed by atoms with van der Waals surface area (Å²) in [7, 11) is 1.45. The topological polar surface area (TPSA) is 48.0 Å². The van der Waals surface area contributed by atoms with E-state index in [0.717, 1.165) is 49.4 Å². The minimum Gasteiger partial charge on any atom is -0.469 e. The number of benzene rings is 1. The molecular formula is C19H26ClNO4. The molecule has 0 aliphatic carbocycles. The summed E-state index contributed by atoms with van der Waals surface area (Å²) >= 11 is 6.01. The maximum absolute atomic E-state index is 11.8. The van der Waals surface area contributed by atoms with E-state index in [1.807, 2.05) is 24.3 Å². The number of carbonyl (C=O) groups excluding carboxylic acids is 1. The Balaban J connectivity index is 1.43. The average molecular weight is 368 g/mol. The van der Waals surface area contributed by atoms with Gasteiger partial charge in [0.25, 0.3) is 0 Å². The van der Waals surface area contributed by atoms with Gasteiger partial charge < -0.3 is 14.2 Å². The first-order valence-electron chi connectivity index (χ1n) is 8.95. The second kappa shape index (κ2) is 8.99. The van der Waals surface area contributed by atoms with Gasteiger partial charge >= 0.3 is 5.97 Å². The molecule has 0 bridgehead atoms. The number of rotatable bonds is 5. The molecule has 25 heavy (non-hydrogen) atoms. The SMILES string of the molecule is COC(=O)C1CCOC(N2CCC(OCc3cccc(Cl)c3)CC2)C1. The highest BCUT2D eigenvalue weighted by atomic mass is 35.5. The van der Waals surface area contributed by atoms with Crippen LogP contribution in [0.1, 0.15) is 31.2 Å². The molecule has 0 N–H and O–H groups in total. The number of hydrogen-bond donors (Lipinski definition) is 0. The summed E-state index contributed by atoms with van der Waals surface area (Å²) in [6, 6.07) is 7.79. The largest absolute Gasteiger partial charge is 0.469 e.